The lowest BCUT2D eigenvalue weighted by molar-refractivity contribution is -0.142. The second kappa shape index (κ2) is 10.3. The number of aromatic amines is 1. The van der Waals surface area contributed by atoms with Crippen molar-refractivity contribution in [3.05, 3.63) is 35.5 Å². The zero-order chi connectivity index (χ0) is 28.1. The van der Waals surface area contributed by atoms with E-state index in [1.54, 1.807) is 11.8 Å². The van der Waals surface area contributed by atoms with Crippen LogP contribution in [0.25, 0.3) is 10.9 Å². The number of H-pyrrole nitrogens is 1. The molecule has 3 heterocycles. The van der Waals surface area contributed by atoms with Crippen LogP contribution in [-0.4, -0.2) is 63.2 Å². The standard InChI is InChI=1S/C30H41N5O4/c1-6-18(4)23(26(36)31-19-11-7-8-12-19)33-27(37)24(17(2)3)35-28(38)30(5)25-21(15-16-34(30)29(35)39)20-13-9-10-14-22(20)32-25/h9-10,13-14,17-19,23-24,32H,6-8,11-12,15-16H2,1-5H3,(H,31,36)(H,33,37)/t18?,23?,24?,30-/m0/s1. The Balaban J connectivity index is 1.44. The molecule has 3 unspecified atom stereocenters. The Bertz CT molecular complexity index is 1300. The quantitative estimate of drug-likeness (QED) is 0.446. The Kier molecular flexibility index (Phi) is 7.20. The van der Waals surface area contributed by atoms with Crippen molar-refractivity contribution < 1.29 is 19.2 Å². The van der Waals surface area contributed by atoms with Crippen molar-refractivity contribution in [3.63, 3.8) is 0 Å². The summed E-state index contributed by atoms with van der Waals surface area (Å²) < 4.78 is 0. The van der Waals surface area contributed by atoms with E-state index in [1.165, 1.54) is 0 Å². The monoisotopic (exact) mass is 535 g/mol. The first kappa shape index (κ1) is 27.2. The van der Waals surface area contributed by atoms with Crippen molar-refractivity contribution in [2.45, 2.75) is 96.8 Å². The number of rotatable bonds is 8. The van der Waals surface area contributed by atoms with Crippen LogP contribution in [0.4, 0.5) is 4.79 Å². The molecule has 1 aliphatic carbocycles. The molecule has 2 aliphatic heterocycles. The van der Waals surface area contributed by atoms with Gasteiger partial charge >= 0.3 is 6.03 Å². The topological polar surface area (TPSA) is 115 Å². The van der Waals surface area contributed by atoms with Crippen LogP contribution in [0.5, 0.6) is 0 Å². The summed E-state index contributed by atoms with van der Waals surface area (Å²) in [7, 11) is 0. The van der Waals surface area contributed by atoms with Gasteiger partial charge in [-0.2, -0.15) is 0 Å². The summed E-state index contributed by atoms with van der Waals surface area (Å²) >= 11 is 0. The lowest BCUT2D eigenvalue weighted by atomic mass is 9.86. The number of carbonyl (C=O) groups excluding carboxylic acids is 4. The van der Waals surface area contributed by atoms with E-state index in [1.807, 2.05) is 52.0 Å². The van der Waals surface area contributed by atoms with E-state index in [0.717, 1.165) is 47.0 Å². The van der Waals surface area contributed by atoms with Gasteiger partial charge in [-0.05, 0) is 49.7 Å². The van der Waals surface area contributed by atoms with Gasteiger partial charge in [0.15, 0.2) is 5.54 Å². The van der Waals surface area contributed by atoms with Crippen molar-refractivity contribution in [1.29, 1.82) is 0 Å². The zero-order valence-electron chi connectivity index (χ0n) is 23.7. The van der Waals surface area contributed by atoms with Crippen LogP contribution < -0.4 is 10.6 Å². The maximum atomic E-state index is 14.2. The molecule has 0 spiro atoms. The molecule has 9 nitrogen and oxygen atoms in total. The average molecular weight is 536 g/mol. The Labute approximate surface area is 230 Å². The second-order valence-corrected chi connectivity index (χ2v) is 12.0. The first-order chi connectivity index (χ1) is 18.6. The Morgan fingerprint density at radius 1 is 1.10 bits per heavy atom. The molecule has 4 atom stereocenters. The molecule has 39 heavy (non-hydrogen) atoms. The van der Waals surface area contributed by atoms with E-state index in [-0.39, 0.29) is 23.8 Å². The number of aromatic nitrogens is 1. The third kappa shape index (κ3) is 4.39. The fraction of sp³-hybridized carbons (Fsp3) is 0.600. The number of nitrogens with zero attached hydrogens (tertiary/aromatic N) is 2. The van der Waals surface area contributed by atoms with E-state index in [4.69, 9.17) is 0 Å². The molecule has 0 bridgehead atoms. The summed E-state index contributed by atoms with van der Waals surface area (Å²) in [5.74, 6) is -1.53. The normalized spacial score (nSPS) is 23.6. The smallest absolute Gasteiger partial charge is 0.328 e. The van der Waals surface area contributed by atoms with Crippen LogP contribution in [0, 0.1) is 11.8 Å². The van der Waals surface area contributed by atoms with Crippen LogP contribution in [-0.2, 0) is 26.3 Å². The van der Waals surface area contributed by atoms with Crippen molar-refractivity contribution in [3.8, 4) is 0 Å². The number of hydrogen-bond donors (Lipinski definition) is 3. The van der Waals surface area contributed by atoms with Gasteiger partial charge in [-0.3, -0.25) is 14.4 Å². The summed E-state index contributed by atoms with van der Waals surface area (Å²) in [5.41, 5.74) is 1.45. The highest BCUT2D eigenvalue weighted by Crippen LogP contribution is 2.45. The van der Waals surface area contributed by atoms with E-state index >= 15 is 0 Å². The predicted octanol–water partition coefficient (Wildman–Crippen LogP) is 3.82. The lowest BCUT2D eigenvalue weighted by Crippen LogP contribution is -2.59. The predicted molar refractivity (Wildman–Crippen MR) is 149 cm³/mol. The number of imide groups is 1. The molecule has 2 fully saturated rings. The van der Waals surface area contributed by atoms with E-state index in [2.05, 4.69) is 15.6 Å². The lowest BCUT2D eigenvalue weighted by Gasteiger charge is -2.36. The summed E-state index contributed by atoms with van der Waals surface area (Å²) in [5, 5.41) is 7.11. The molecule has 3 aliphatic rings. The van der Waals surface area contributed by atoms with Crippen molar-refractivity contribution in [2.24, 2.45) is 11.8 Å². The van der Waals surface area contributed by atoms with Gasteiger partial charge < -0.3 is 20.5 Å². The molecule has 9 heteroatoms. The maximum Gasteiger partial charge on any atom is 0.328 e. The molecule has 1 aromatic carbocycles. The van der Waals surface area contributed by atoms with Gasteiger partial charge in [-0.25, -0.2) is 9.69 Å². The van der Waals surface area contributed by atoms with Gasteiger partial charge in [-0.15, -0.1) is 0 Å². The number of benzene rings is 1. The van der Waals surface area contributed by atoms with Gasteiger partial charge in [0.1, 0.15) is 12.1 Å². The van der Waals surface area contributed by atoms with Crippen molar-refractivity contribution in [2.75, 3.05) is 6.54 Å². The molecular formula is C30H41N5O4. The van der Waals surface area contributed by atoms with Crippen molar-refractivity contribution >= 4 is 34.7 Å². The van der Waals surface area contributed by atoms with Gasteiger partial charge in [0.2, 0.25) is 11.8 Å². The van der Waals surface area contributed by atoms with Crippen LogP contribution in [0.3, 0.4) is 0 Å². The van der Waals surface area contributed by atoms with E-state index in [9.17, 15) is 19.2 Å². The number of amides is 5. The Morgan fingerprint density at radius 3 is 2.46 bits per heavy atom. The van der Waals surface area contributed by atoms with Gasteiger partial charge in [0.05, 0.1) is 5.69 Å². The second-order valence-electron chi connectivity index (χ2n) is 12.0. The first-order valence-electron chi connectivity index (χ1n) is 14.5. The van der Waals surface area contributed by atoms with Crippen LogP contribution >= 0.6 is 0 Å². The molecule has 1 saturated heterocycles. The van der Waals surface area contributed by atoms with Gasteiger partial charge in [-0.1, -0.05) is 65.2 Å². The minimum atomic E-state index is -1.23. The van der Waals surface area contributed by atoms with Crippen LogP contribution in [0.2, 0.25) is 0 Å². The van der Waals surface area contributed by atoms with E-state index in [0.29, 0.717) is 25.1 Å². The SMILES string of the molecule is CCC(C)C(NC(=O)C(C(C)C)N1C(=O)N2CCc3c([nH]c4ccccc34)[C@@]2(C)C1=O)C(=O)NC1CCCC1. The molecular weight excluding hydrogens is 494 g/mol. The summed E-state index contributed by atoms with van der Waals surface area (Å²) in [6.07, 6.45) is 5.40. The Morgan fingerprint density at radius 2 is 1.79 bits per heavy atom. The molecule has 0 radical (unpaired) electrons. The third-order valence-electron chi connectivity index (χ3n) is 9.17. The summed E-state index contributed by atoms with van der Waals surface area (Å²) in [6.45, 7) is 9.74. The maximum absolute atomic E-state index is 14.2. The fourth-order valence-electron chi connectivity index (χ4n) is 6.68. The number of hydrogen-bond acceptors (Lipinski definition) is 4. The molecule has 1 aromatic heterocycles. The third-order valence-corrected chi connectivity index (χ3v) is 9.17. The molecule has 1 saturated carbocycles. The van der Waals surface area contributed by atoms with Crippen LogP contribution in [0.15, 0.2) is 24.3 Å². The summed E-state index contributed by atoms with van der Waals surface area (Å²) in [4.78, 5) is 61.3. The molecule has 210 valence electrons. The number of carbonyl (C=O) groups is 4. The van der Waals surface area contributed by atoms with Crippen LogP contribution in [0.1, 0.15) is 78.0 Å². The highest BCUT2D eigenvalue weighted by molar-refractivity contribution is 6.11. The molecule has 5 rings (SSSR count). The zero-order valence-corrected chi connectivity index (χ0v) is 23.7. The number of urea groups is 1. The highest BCUT2D eigenvalue weighted by atomic mass is 16.2. The largest absolute Gasteiger partial charge is 0.356 e. The number of nitrogens with one attached hydrogen (secondary N) is 3. The fourth-order valence-corrected chi connectivity index (χ4v) is 6.68. The Hall–Kier alpha value is -3.36. The average Bonchev–Trinajstić information content (AvgIpc) is 3.60. The molecule has 3 N–H and O–H groups in total. The van der Waals surface area contributed by atoms with Gasteiger partial charge in [0.25, 0.3) is 5.91 Å². The number of para-hydroxylation sites is 1. The molecule has 5 amide bonds. The first-order valence-corrected chi connectivity index (χ1v) is 14.5. The minimum absolute atomic E-state index is 0.106. The summed E-state index contributed by atoms with van der Waals surface area (Å²) in [6, 6.07) is 5.79. The van der Waals surface area contributed by atoms with E-state index < -0.39 is 35.5 Å². The van der Waals surface area contributed by atoms with Gasteiger partial charge in [0, 0.05) is 23.5 Å². The molecule has 2 aromatic rings. The van der Waals surface area contributed by atoms with Crippen molar-refractivity contribution in [1.82, 2.24) is 25.4 Å². The minimum Gasteiger partial charge on any atom is -0.356 e. The number of fused-ring (bicyclic) bond motifs is 5. The highest BCUT2D eigenvalue weighted by Gasteiger charge is 2.61.